The first-order chi connectivity index (χ1) is 20.4. The average Bonchev–Trinajstić information content (AvgIpc) is 3.30. The van der Waals surface area contributed by atoms with Crippen molar-refractivity contribution >= 4 is 45.0 Å². The van der Waals surface area contributed by atoms with Crippen molar-refractivity contribution in [2.75, 3.05) is 20.3 Å². The van der Waals surface area contributed by atoms with E-state index in [-0.39, 0.29) is 24.3 Å². The molecule has 0 amide bonds. The molecule has 1 aliphatic rings. The Balaban J connectivity index is 1.77. The lowest BCUT2D eigenvalue weighted by molar-refractivity contribution is -0.138. The minimum absolute atomic E-state index is 0.121. The van der Waals surface area contributed by atoms with Gasteiger partial charge in [0.2, 0.25) is 0 Å². The molecule has 0 saturated heterocycles. The van der Waals surface area contributed by atoms with Crippen molar-refractivity contribution in [2.45, 2.75) is 13.0 Å². The Morgan fingerprint density at radius 2 is 1.93 bits per heavy atom. The predicted molar refractivity (Wildman–Crippen MR) is 159 cm³/mol. The van der Waals surface area contributed by atoms with E-state index >= 15 is 0 Å². The van der Waals surface area contributed by atoms with E-state index in [2.05, 4.69) is 15.9 Å². The Morgan fingerprint density at radius 1 is 1.19 bits per heavy atom. The number of hydrogen-bond acceptors (Lipinski definition) is 8. The van der Waals surface area contributed by atoms with E-state index in [1.807, 2.05) is 36.4 Å². The lowest BCUT2D eigenvalue weighted by atomic mass is 9.93. The smallest absolute Gasteiger partial charge is 0.338 e. The van der Waals surface area contributed by atoms with Crippen molar-refractivity contribution in [3.8, 4) is 17.6 Å². The Bertz CT molecular complexity index is 1910. The van der Waals surface area contributed by atoms with Crippen molar-refractivity contribution < 1.29 is 23.4 Å². The number of halogens is 2. The second-order valence-electron chi connectivity index (χ2n) is 8.96. The van der Waals surface area contributed by atoms with Gasteiger partial charge in [-0.1, -0.05) is 53.8 Å². The SMILES string of the molecule is CCOC(=O)C1=C(c2ccccc2)N=c2s/c(=C/c3cc(Br)c(OCC#N)c(OC)c3)c(=O)n2[C@@H]1c1ccc(F)cc1. The van der Waals surface area contributed by atoms with Crippen molar-refractivity contribution in [3.63, 3.8) is 0 Å². The fourth-order valence-corrected chi connectivity index (χ4v) is 6.20. The zero-order valence-electron chi connectivity index (χ0n) is 22.5. The maximum absolute atomic E-state index is 14.0. The number of carbonyl (C=O) groups excluding carboxylic acids is 1. The van der Waals surface area contributed by atoms with E-state index in [9.17, 15) is 14.0 Å². The van der Waals surface area contributed by atoms with Gasteiger partial charge in [-0.15, -0.1) is 0 Å². The number of benzene rings is 3. The van der Waals surface area contributed by atoms with Crippen molar-refractivity contribution in [1.82, 2.24) is 4.57 Å². The number of esters is 1. The summed E-state index contributed by atoms with van der Waals surface area (Å²) in [5, 5.41) is 8.90. The van der Waals surface area contributed by atoms with Gasteiger partial charge in [0.25, 0.3) is 5.56 Å². The molecule has 1 aliphatic heterocycles. The van der Waals surface area contributed by atoms with Crippen LogP contribution in [-0.4, -0.2) is 30.9 Å². The van der Waals surface area contributed by atoms with Crippen molar-refractivity contribution in [2.24, 2.45) is 4.99 Å². The average molecular weight is 649 g/mol. The Labute approximate surface area is 252 Å². The standard InChI is InChI=1S/C31H23BrFN3O5S/c1-3-40-30(38)25-26(19-7-5-4-6-8-19)35-31-36(27(25)20-9-11-21(33)12-10-20)29(37)24(42-31)17-18-15-22(32)28(41-14-13-34)23(16-18)39-2/h4-12,15-17,27H,3,14H2,1-2H3/b24-17+/t27-/m1/s1. The van der Waals surface area contributed by atoms with Crippen LogP contribution in [0.3, 0.4) is 0 Å². The van der Waals surface area contributed by atoms with Gasteiger partial charge >= 0.3 is 5.97 Å². The summed E-state index contributed by atoms with van der Waals surface area (Å²) in [5.74, 6) is -0.331. The largest absolute Gasteiger partial charge is 0.493 e. The van der Waals surface area contributed by atoms with Crippen LogP contribution in [0, 0.1) is 17.1 Å². The number of nitriles is 1. The monoisotopic (exact) mass is 647 g/mol. The third-order valence-corrected chi connectivity index (χ3v) is 7.96. The molecule has 0 bridgehead atoms. The van der Waals surface area contributed by atoms with Gasteiger partial charge in [-0.05, 0) is 64.3 Å². The van der Waals surface area contributed by atoms with Gasteiger partial charge in [0, 0.05) is 5.56 Å². The first kappa shape index (κ1) is 29.0. The summed E-state index contributed by atoms with van der Waals surface area (Å²) in [6.07, 6.45) is 1.68. The van der Waals surface area contributed by atoms with Gasteiger partial charge in [0.05, 0.1) is 40.0 Å². The maximum atomic E-state index is 14.0. The highest BCUT2D eigenvalue weighted by atomic mass is 79.9. The van der Waals surface area contributed by atoms with Crippen LogP contribution in [0.2, 0.25) is 0 Å². The highest BCUT2D eigenvalue weighted by Gasteiger charge is 2.35. The van der Waals surface area contributed by atoms with Crippen LogP contribution in [0.15, 0.2) is 86.6 Å². The molecule has 11 heteroatoms. The normalized spacial score (nSPS) is 14.5. The Kier molecular flexibility index (Phi) is 8.66. The summed E-state index contributed by atoms with van der Waals surface area (Å²) in [6, 6.07) is 19.3. The van der Waals surface area contributed by atoms with E-state index in [1.54, 1.807) is 37.3 Å². The Morgan fingerprint density at radius 3 is 2.60 bits per heavy atom. The fraction of sp³-hybridized carbons (Fsp3) is 0.161. The van der Waals surface area contributed by atoms with Crippen LogP contribution in [0.1, 0.15) is 29.7 Å². The summed E-state index contributed by atoms with van der Waals surface area (Å²) in [6.45, 7) is 1.66. The number of aromatic nitrogens is 1. The van der Waals surface area contributed by atoms with Gasteiger partial charge in [-0.25, -0.2) is 14.2 Å². The minimum atomic E-state index is -0.915. The highest BCUT2D eigenvalue weighted by Crippen LogP contribution is 2.37. The molecule has 0 spiro atoms. The molecule has 0 saturated carbocycles. The Hall–Kier alpha value is -4.53. The first-order valence-electron chi connectivity index (χ1n) is 12.8. The first-order valence-corrected chi connectivity index (χ1v) is 14.4. The topological polar surface area (TPSA) is 103 Å². The van der Waals surface area contributed by atoms with E-state index in [0.29, 0.717) is 47.7 Å². The molecule has 1 atom stereocenters. The molecule has 2 heterocycles. The molecule has 1 aromatic heterocycles. The number of carbonyl (C=O) groups is 1. The lowest BCUT2D eigenvalue weighted by Crippen LogP contribution is -2.40. The zero-order chi connectivity index (χ0) is 29.8. The number of ether oxygens (including phenoxy) is 3. The van der Waals surface area contributed by atoms with E-state index in [1.165, 1.54) is 23.8 Å². The van der Waals surface area contributed by atoms with Crippen LogP contribution < -0.4 is 24.4 Å². The molecule has 0 radical (unpaired) electrons. The van der Waals surface area contributed by atoms with Gasteiger partial charge in [-0.2, -0.15) is 5.26 Å². The van der Waals surface area contributed by atoms with Crippen LogP contribution in [0.25, 0.3) is 11.8 Å². The quantitative estimate of drug-likeness (QED) is 0.256. The van der Waals surface area contributed by atoms with Gasteiger partial charge in [0.1, 0.15) is 11.9 Å². The predicted octanol–water partition coefficient (Wildman–Crippen LogP) is 4.75. The molecule has 3 aromatic carbocycles. The van der Waals surface area contributed by atoms with Gasteiger partial charge in [0.15, 0.2) is 22.9 Å². The molecule has 8 nitrogen and oxygen atoms in total. The number of fused-ring (bicyclic) bond motifs is 1. The second-order valence-corrected chi connectivity index (χ2v) is 10.8. The van der Waals surface area contributed by atoms with Crippen LogP contribution in [-0.2, 0) is 9.53 Å². The number of nitrogens with zero attached hydrogens (tertiary/aromatic N) is 3. The molecule has 5 rings (SSSR count). The van der Waals surface area contributed by atoms with Gasteiger partial charge < -0.3 is 14.2 Å². The van der Waals surface area contributed by atoms with Crippen molar-refractivity contribution in [1.29, 1.82) is 5.26 Å². The molecular formula is C31H23BrFN3O5S. The fourth-order valence-electron chi connectivity index (χ4n) is 4.62. The molecule has 0 N–H and O–H groups in total. The minimum Gasteiger partial charge on any atom is -0.493 e. The molecule has 4 aromatic rings. The molecular weight excluding hydrogens is 625 g/mol. The summed E-state index contributed by atoms with van der Waals surface area (Å²) in [5.41, 5.74) is 1.99. The number of thiazole rings is 1. The maximum Gasteiger partial charge on any atom is 0.338 e. The summed E-state index contributed by atoms with van der Waals surface area (Å²) in [7, 11) is 1.48. The van der Waals surface area contributed by atoms with Gasteiger partial charge in [-0.3, -0.25) is 9.36 Å². The number of methoxy groups -OCH3 is 1. The summed E-state index contributed by atoms with van der Waals surface area (Å²) >= 11 is 4.61. The lowest BCUT2D eigenvalue weighted by Gasteiger charge is -2.25. The molecule has 0 aliphatic carbocycles. The molecule has 212 valence electrons. The van der Waals surface area contributed by atoms with E-state index in [4.69, 9.17) is 24.5 Å². The summed E-state index contributed by atoms with van der Waals surface area (Å²) in [4.78, 5) is 32.7. The summed E-state index contributed by atoms with van der Waals surface area (Å²) < 4.78 is 32.7. The van der Waals surface area contributed by atoms with Crippen LogP contribution >= 0.6 is 27.3 Å². The van der Waals surface area contributed by atoms with Crippen molar-refractivity contribution in [3.05, 3.63) is 119 Å². The number of hydrogen-bond donors (Lipinski definition) is 0. The molecule has 0 fully saturated rings. The highest BCUT2D eigenvalue weighted by molar-refractivity contribution is 9.10. The zero-order valence-corrected chi connectivity index (χ0v) is 24.9. The van der Waals surface area contributed by atoms with Crippen LogP contribution in [0.4, 0.5) is 4.39 Å². The molecule has 42 heavy (non-hydrogen) atoms. The molecule has 0 unspecified atom stereocenters. The third kappa shape index (κ3) is 5.64. The number of rotatable bonds is 8. The van der Waals surface area contributed by atoms with E-state index in [0.717, 1.165) is 11.3 Å². The third-order valence-electron chi connectivity index (χ3n) is 6.39. The van der Waals surface area contributed by atoms with Crippen LogP contribution in [0.5, 0.6) is 11.5 Å². The van der Waals surface area contributed by atoms with E-state index < -0.39 is 17.8 Å². The second kappa shape index (κ2) is 12.5.